The molecule has 0 saturated carbocycles. The Bertz CT molecular complexity index is 396. The minimum atomic E-state index is -0.202. The van der Waals surface area contributed by atoms with Crippen molar-refractivity contribution in [2.45, 2.75) is 26.3 Å². The number of anilines is 1. The molecule has 5 heteroatoms. The van der Waals surface area contributed by atoms with Crippen LogP contribution in [0, 0.1) is 0 Å². The van der Waals surface area contributed by atoms with Gasteiger partial charge in [0.25, 0.3) is 0 Å². The smallest absolute Gasteiger partial charge is 0.322 e. The van der Waals surface area contributed by atoms with Crippen LogP contribution in [0.25, 0.3) is 0 Å². The Labute approximate surface area is 113 Å². The van der Waals surface area contributed by atoms with Crippen LogP contribution < -0.4 is 5.32 Å². The van der Waals surface area contributed by atoms with E-state index in [-0.39, 0.29) is 18.7 Å². The summed E-state index contributed by atoms with van der Waals surface area (Å²) in [5.74, 6) is 0. The van der Waals surface area contributed by atoms with Gasteiger partial charge in [-0.2, -0.15) is 0 Å². The third-order valence-electron chi connectivity index (χ3n) is 2.56. The number of carbonyl (C=O) groups is 1. The Morgan fingerprint density at radius 3 is 2.67 bits per heavy atom. The first kappa shape index (κ1) is 14.8. The molecular weight excluding hydrogens is 252 g/mol. The quantitative estimate of drug-likeness (QED) is 0.864. The highest BCUT2D eigenvalue weighted by molar-refractivity contribution is 6.33. The number of hydrogen-bond acceptors (Lipinski definition) is 2. The van der Waals surface area contributed by atoms with Gasteiger partial charge in [0.15, 0.2) is 0 Å². The number of halogens is 1. The van der Waals surface area contributed by atoms with Crippen LogP contribution >= 0.6 is 11.6 Å². The number of nitrogens with one attached hydrogen (secondary N) is 1. The molecule has 1 rings (SSSR count). The van der Waals surface area contributed by atoms with Crippen molar-refractivity contribution in [3.63, 3.8) is 0 Å². The predicted molar refractivity (Wildman–Crippen MR) is 74.0 cm³/mol. The fourth-order valence-corrected chi connectivity index (χ4v) is 1.77. The van der Waals surface area contributed by atoms with E-state index in [9.17, 15) is 4.79 Å². The van der Waals surface area contributed by atoms with E-state index in [4.69, 9.17) is 16.7 Å². The van der Waals surface area contributed by atoms with Gasteiger partial charge in [-0.25, -0.2) is 4.79 Å². The molecule has 0 aliphatic rings. The number of para-hydroxylation sites is 1. The summed E-state index contributed by atoms with van der Waals surface area (Å²) in [5, 5.41) is 12.1. The van der Waals surface area contributed by atoms with Crippen molar-refractivity contribution in [3.05, 3.63) is 29.3 Å². The number of aliphatic hydroxyl groups excluding tert-OH is 1. The highest BCUT2D eigenvalue weighted by Crippen LogP contribution is 2.21. The van der Waals surface area contributed by atoms with E-state index in [0.717, 1.165) is 0 Å². The molecule has 0 bridgehead atoms. The van der Waals surface area contributed by atoms with Gasteiger partial charge in [0.2, 0.25) is 0 Å². The summed E-state index contributed by atoms with van der Waals surface area (Å²) in [5.41, 5.74) is 0.596. The average molecular weight is 271 g/mol. The largest absolute Gasteiger partial charge is 0.396 e. The van der Waals surface area contributed by atoms with Gasteiger partial charge in [0.05, 0.1) is 10.7 Å². The van der Waals surface area contributed by atoms with Crippen molar-refractivity contribution in [1.82, 2.24) is 4.90 Å². The zero-order chi connectivity index (χ0) is 13.5. The van der Waals surface area contributed by atoms with Gasteiger partial charge in [-0.15, -0.1) is 0 Å². The van der Waals surface area contributed by atoms with Gasteiger partial charge in [-0.1, -0.05) is 23.7 Å². The molecule has 0 heterocycles. The van der Waals surface area contributed by atoms with Gasteiger partial charge < -0.3 is 15.3 Å². The Morgan fingerprint density at radius 1 is 1.44 bits per heavy atom. The normalized spacial score (nSPS) is 10.5. The third-order valence-corrected chi connectivity index (χ3v) is 2.89. The number of nitrogens with zero attached hydrogens (tertiary/aromatic N) is 1. The van der Waals surface area contributed by atoms with E-state index in [2.05, 4.69) is 5.32 Å². The fourth-order valence-electron chi connectivity index (χ4n) is 1.58. The van der Waals surface area contributed by atoms with E-state index < -0.39 is 0 Å². The maximum absolute atomic E-state index is 12.1. The second kappa shape index (κ2) is 7.24. The number of rotatable bonds is 5. The first-order valence-electron chi connectivity index (χ1n) is 5.99. The molecule has 4 nitrogen and oxygen atoms in total. The van der Waals surface area contributed by atoms with Gasteiger partial charge in [0.1, 0.15) is 0 Å². The molecular formula is C13H19ClN2O2. The van der Waals surface area contributed by atoms with Crippen LogP contribution in [-0.4, -0.2) is 35.2 Å². The molecule has 0 aliphatic heterocycles. The molecule has 0 aliphatic carbocycles. The van der Waals surface area contributed by atoms with Crippen LogP contribution in [0.4, 0.5) is 10.5 Å². The van der Waals surface area contributed by atoms with Crippen molar-refractivity contribution in [3.8, 4) is 0 Å². The molecule has 0 fully saturated rings. The van der Waals surface area contributed by atoms with Gasteiger partial charge in [-0.05, 0) is 32.4 Å². The Kier molecular flexibility index (Phi) is 5.95. The number of benzene rings is 1. The minimum Gasteiger partial charge on any atom is -0.396 e. The van der Waals surface area contributed by atoms with Gasteiger partial charge in [-0.3, -0.25) is 0 Å². The second-order valence-electron chi connectivity index (χ2n) is 4.27. The predicted octanol–water partition coefficient (Wildman–Crippen LogP) is 2.96. The molecule has 0 unspecified atom stereocenters. The first-order valence-corrected chi connectivity index (χ1v) is 6.37. The molecule has 2 amide bonds. The van der Waals surface area contributed by atoms with Crippen LogP contribution in [0.2, 0.25) is 5.02 Å². The number of amides is 2. The summed E-state index contributed by atoms with van der Waals surface area (Å²) in [4.78, 5) is 13.8. The molecule has 18 heavy (non-hydrogen) atoms. The summed E-state index contributed by atoms with van der Waals surface area (Å²) in [6, 6.07) is 6.97. The number of urea groups is 1. The van der Waals surface area contributed by atoms with Crippen LogP contribution in [0.1, 0.15) is 20.3 Å². The molecule has 0 radical (unpaired) electrons. The standard InChI is InChI=1S/C13H19ClN2O2/c1-10(2)16(8-5-9-17)13(18)15-12-7-4-3-6-11(12)14/h3-4,6-7,10,17H,5,8-9H2,1-2H3,(H,15,18). The zero-order valence-electron chi connectivity index (χ0n) is 10.7. The van der Waals surface area contributed by atoms with Crippen molar-refractivity contribution >= 4 is 23.3 Å². The molecule has 0 spiro atoms. The van der Waals surface area contributed by atoms with Crippen molar-refractivity contribution in [2.75, 3.05) is 18.5 Å². The molecule has 2 N–H and O–H groups in total. The number of aliphatic hydroxyl groups is 1. The summed E-state index contributed by atoms with van der Waals surface area (Å²) in [6.07, 6.45) is 0.564. The fraction of sp³-hybridized carbons (Fsp3) is 0.462. The molecule has 0 saturated heterocycles. The minimum absolute atomic E-state index is 0.0686. The summed E-state index contributed by atoms with van der Waals surface area (Å²) in [7, 11) is 0. The lowest BCUT2D eigenvalue weighted by Gasteiger charge is -2.26. The van der Waals surface area contributed by atoms with Crippen LogP contribution in [-0.2, 0) is 0 Å². The van der Waals surface area contributed by atoms with E-state index in [1.54, 1.807) is 17.0 Å². The van der Waals surface area contributed by atoms with Crippen molar-refractivity contribution in [2.24, 2.45) is 0 Å². The topological polar surface area (TPSA) is 52.6 Å². The Morgan fingerprint density at radius 2 is 2.11 bits per heavy atom. The van der Waals surface area contributed by atoms with E-state index >= 15 is 0 Å². The van der Waals surface area contributed by atoms with Crippen LogP contribution in [0.15, 0.2) is 24.3 Å². The van der Waals surface area contributed by atoms with Gasteiger partial charge in [0, 0.05) is 19.2 Å². The highest BCUT2D eigenvalue weighted by Gasteiger charge is 2.17. The lowest BCUT2D eigenvalue weighted by atomic mass is 10.3. The summed E-state index contributed by atoms with van der Waals surface area (Å²) in [6.45, 7) is 4.46. The lowest BCUT2D eigenvalue weighted by Crippen LogP contribution is -2.41. The molecule has 1 aromatic carbocycles. The lowest BCUT2D eigenvalue weighted by molar-refractivity contribution is 0.186. The molecule has 0 atom stereocenters. The SMILES string of the molecule is CC(C)N(CCCO)C(=O)Nc1ccccc1Cl. The molecule has 0 aromatic heterocycles. The molecule has 1 aromatic rings. The van der Waals surface area contributed by atoms with Crippen molar-refractivity contribution in [1.29, 1.82) is 0 Å². The monoisotopic (exact) mass is 270 g/mol. The second-order valence-corrected chi connectivity index (χ2v) is 4.68. The Balaban J connectivity index is 2.70. The van der Waals surface area contributed by atoms with Crippen molar-refractivity contribution < 1.29 is 9.90 Å². The number of carbonyl (C=O) groups excluding carboxylic acids is 1. The summed E-state index contributed by atoms with van der Waals surface area (Å²) >= 11 is 5.98. The molecule has 100 valence electrons. The average Bonchev–Trinajstić information content (AvgIpc) is 2.32. The van der Waals surface area contributed by atoms with Crippen LogP contribution in [0.3, 0.4) is 0 Å². The maximum Gasteiger partial charge on any atom is 0.322 e. The number of hydrogen-bond donors (Lipinski definition) is 2. The zero-order valence-corrected chi connectivity index (χ0v) is 11.4. The van der Waals surface area contributed by atoms with Gasteiger partial charge >= 0.3 is 6.03 Å². The Hall–Kier alpha value is -1.26. The first-order chi connectivity index (χ1) is 8.56. The maximum atomic E-state index is 12.1. The van der Waals surface area contributed by atoms with E-state index in [0.29, 0.717) is 23.7 Å². The summed E-state index contributed by atoms with van der Waals surface area (Å²) < 4.78 is 0. The highest BCUT2D eigenvalue weighted by atomic mass is 35.5. The third kappa shape index (κ3) is 4.20. The van der Waals surface area contributed by atoms with E-state index in [1.165, 1.54) is 0 Å². The van der Waals surface area contributed by atoms with E-state index in [1.807, 2.05) is 26.0 Å². The van der Waals surface area contributed by atoms with Crippen LogP contribution in [0.5, 0.6) is 0 Å².